The Morgan fingerprint density at radius 1 is 1.08 bits per heavy atom. The van der Waals surface area contributed by atoms with Crippen molar-refractivity contribution in [1.82, 2.24) is 19.9 Å². The van der Waals surface area contributed by atoms with Crippen LogP contribution in [0.3, 0.4) is 0 Å². The summed E-state index contributed by atoms with van der Waals surface area (Å²) in [5.74, 6) is -0.316. The summed E-state index contributed by atoms with van der Waals surface area (Å²) in [6, 6.07) is 6.20. The van der Waals surface area contributed by atoms with Crippen molar-refractivity contribution in [2.24, 2.45) is 0 Å². The molecule has 2 heterocycles. The van der Waals surface area contributed by atoms with Crippen LogP contribution in [0, 0.1) is 0 Å². The predicted octanol–water partition coefficient (Wildman–Crippen LogP) is 3.58. The zero-order valence-corrected chi connectivity index (χ0v) is 13.4. The van der Waals surface area contributed by atoms with Crippen molar-refractivity contribution in [3.63, 3.8) is 0 Å². The molecular formula is C17H12F3N5O. The van der Waals surface area contributed by atoms with Crippen molar-refractivity contribution in [2.45, 2.75) is 13.1 Å². The molecule has 0 atom stereocenters. The van der Waals surface area contributed by atoms with Crippen LogP contribution in [0.4, 0.5) is 19.1 Å². The van der Waals surface area contributed by atoms with Crippen molar-refractivity contribution in [3.8, 4) is 22.5 Å². The van der Waals surface area contributed by atoms with Crippen molar-refractivity contribution >= 4 is 11.9 Å². The third-order valence-corrected chi connectivity index (χ3v) is 3.42. The standard InChI is InChI=1S/C17H12F3N5O/c1-10(26)24-16-22-8-13(14-6-7-21-9-23-14)15(25-16)11-2-4-12(5-3-11)17(18,19)20/h2-9H,1H3,(H,22,24,25,26). The molecular weight excluding hydrogens is 347 g/mol. The van der Waals surface area contributed by atoms with Crippen LogP contribution in [0.1, 0.15) is 12.5 Å². The van der Waals surface area contributed by atoms with Crippen LogP contribution in [-0.2, 0) is 11.0 Å². The molecule has 0 unspecified atom stereocenters. The maximum Gasteiger partial charge on any atom is 0.416 e. The Balaban J connectivity index is 2.12. The molecule has 1 amide bonds. The van der Waals surface area contributed by atoms with Gasteiger partial charge in [0.2, 0.25) is 11.9 Å². The zero-order valence-electron chi connectivity index (χ0n) is 13.4. The highest BCUT2D eigenvalue weighted by molar-refractivity contribution is 5.88. The van der Waals surface area contributed by atoms with E-state index in [1.165, 1.54) is 37.8 Å². The number of hydrogen-bond donors (Lipinski definition) is 1. The van der Waals surface area contributed by atoms with Gasteiger partial charge in [-0.15, -0.1) is 0 Å². The number of aromatic nitrogens is 4. The van der Waals surface area contributed by atoms with Gasteiger partial charge in [-0.3, -0.25) is 10.1 Å². The Morgan fingerprint density at radius 3 is 2.38 bits per heavy atom. The van der Waals surface area contributed by atoms with Gasteiger partial charge in [0.05, 0.1) is 17.0 Å². The van der Waals surface area contributed by atoms with Crippen LogP contribution < -0.4 is 5.32 Å². The fraction of sp³-hybridized carbons (Fsp3) is 0.118. The van der Waals surface area contributed by atoms with Crippen molar-refractivity contribution in [1.29, 1.82) is 0 Å². The lowest BCUT2D eigenvalue weighted by Gasteiger charge is -2.11. The number of halogens is 3. The first-order valence-corrected chi connectivity index (χ1v) is 7.43. The molecule has 0 saturated carbocycles. The van der Waals surface area contributed by atoms with E-state index in [9.17, 15) is 18.0 Å². The number of carbonyl (C=O) groups is 1. The van der Waals surface area contributed by atoms with Crippen LogP contribution in [-0.4, -0.2) is 25.8 Å². The molecule has 0 aliphatic heterocycles. The smallest absolute Gasteiger partial charge is 0.295 e. The minimum absolute atomic E-state index is 0.0465. The van der Waals surface area contributed by atoms with E-state index in [4.69, 9.17) is 0 Å². The largest absolute Gasteiger partial charge is 0.416 e. The number of benzene rings is 1. The minimum atomic E-state index is -4.43. The van der Waals surface area contributed by atoms with Crippen LogP contribution in [0.2, 0.25) is 0 Å². The van der Waals surface area contributed by atoms with E-state index in [-0.39, 0.29) is 11.9 Å². The molecule has 26 heavy (non-hydrogen) atoms. The van der Waals surface area contributed by atoms with Gasteiger partial charge in [-0.1, -0.05) is 12.1 Å². The Kier molecular flexibility index (Phi) is 4.61. The van der Waals surface area contributed by atoms with Crippen LogP contribution in [0.5, 0.6) is 0 Å². The van der Waals surface area contributed by atoms with Gasteiger partial charge in [0, 0.05) is 30.4 Å². The molecule has 2 aromatic heterocycles. The van der Waals surface area contributed by atoms with E-state index < -0.39 is 11.7 Å². The van der Waals surface area contributed by atoms with E-state index >= 15 is 0 Å². The second kappa shape index (κ2) is 6.87. The average Bonchev–Trinajstić information content (AvgIpc) is 2.61. The summed E-state index contributed by atoms with van der Waals surface area (Å²) in [6.45, 7) is 1.31. The number of nitrogens with one attached hydrogen (secondary N) is 1. The number of carbonyl (C=O) groups excluding carboxylic acids is 1. The lowest BCUT2D eigenvalue weighted by Crippen LogP contribution is -2.10. The van der Waals surface area contributed by atoms with Gasteiger partial charge < -0.3 is 0 Å². The normalized spacial score (nSPS) is 11.2. The van der Waals surface area contributed by atoms with Gasteiger partial charge in [-0.05, 0) is 18.2 Å². The zero-order chi connectivity index (χ0) is 18.7. The van der Waals surface area contributed by atoms with Crippen LogP contribution in [0.25, 0.3) is 22.5 Å². The molecule has 0 aliphatic rings. The molecule has 0 saturated heterocycles. The van der Waals surface area contributed by atoms with Gasteiger partial charge in [0.15, 0.2) is 0 Å². The van der Waals surface area contributed by atoms with Crippen molar-refractivity contribution in [2.75, 3.05) is 5.32 Å². The van der Waals surface area contributed by atoms with Crippen molar-refractivity contribution < 1.29 is 18.0 Å². The number of anilines is 1. The molecule has 0 radical (unpaired) electrons. The van der Waals surface area contributed by atoms with Gasteiger partial charge in [0.1, 0.15) is 6.33 Å². The summed E-state index contributed by atoms with van der Waals surface area (Å²) < 4.78 is 38.4. The third kappa shape index (κ3) is 3.82. The Morgan fingerprint density at radius 2 is 1.81 bits per heavy atom. The van der Waals surface area contributed by atoms with E-state index in [0.717, 1.165) is 12.1 Å². The van der Waals surface area contributed by atoms with E-state index in [0.29, 0.717) is 22.5 Å². The molecule has 0 fully saturated rings. The molecule has 9 heteroatoms. The highest BCUT2D eigenvalue weighted by atomic mass is 19.4. The van der Waals surface area contributed by atoms with Crippen molar-refractivity contribution in [3.05, 3.63) is 54.6 Å². The van der Waals surface area contributed by atoms with Gasteiger partial charge >= 0.3 is 6.18 Å². The maximum absolute atomic E-state index is 12.8. The fourth-order valence-electron chi connectivity index (χ4n) is 2.27. The van der Waals surface area contributed by atoms with E-state index in [1.807, 2.05) is 0 Å². The third-order valence-electron chi connectivity index (χ3n) is 3.42. The minimum Gasteiger partial charge on any atom is -0.295 e. The Hall–Kier alpha value is -3.36. The SMILES string of the molecule is CC(=O)Nc1ncc(-c2ccncn2)c(-c2ccc(C(F)(F)F)cc2)n1. The summed E-state index contributed by atoms with van der Waals surface area (Å²) in [4.78, 5) is 27.5. The highest BCUT2D eigenvalue weighted by Gasteiger charge is 2.30. The summed E-state index contributed by atoms with van der Waals surface area (Å²) in [6.07, 6.45) is -0.108. The molecule has 0 aliphatic carbocycles. The van der Waals surface area contributed by atoms with E-state index in [1.54, 1.807) is 6.07 Å². The number of hydrogen-bond acceptors (Lipinski definition) is 5. The van der Waals surface area contributed by atoms with Crippen LogP contribution >= 0.6 is 0 Å². The summed E-state index contributed by atoms with van der Waals surface area (Å²) >= 11 is 0. The second-order valence-corrected chi connectivity index (χ2v) is 5.31. The first kappa shape index (κ1) is 17.5. The maximum atomic E-state index is 12.8. The van der Waals surface area contributed by atoms with Crippen LogP contribution in [0.15, 0.2) is 49.1 Å². The Labute approximate surface area is 146 Å². The molecule has 3 aromatic rings. The molecule has 0 bridgehead atoms. The van der Waals surface area contributed by atoms with Gasteiger partial charge in [-0.2, -0.15) is 13.2 Å². The fourth-order valence-corrected chi connectivity index (χ4v) is 2.27. The summed E-state index contributed by atoms with van der Waals surface area (Å²) in [5, 5.41) is 2.46. The molecule has 3 rings (SSSR count). The first-order chi connectivity index (χ1) is 12.3. The number of alkyl halides is 3. The lowest BCUT2D eigenvalue weighted by atomic mass is 10.0. The highest BCUT2D eigenvalue weighted by Crippen LogP contribution is 2.33. The summed E-state index contributed by atoms with van der Waals surface area (Å²) in [5.41, 5.74) is 1.02. The quantitative estimate of drug-likeness (QED) is 0.773. The topological polar surface area (TPSA) is 80.7 Å². The molecule has 1 N–H and O–H groups in total. The Bertz CT molecular complexity index is 927. The number of rotatable bonds is 3. The van der Waals surface area contributed by atoms with E-state index in [2.05, 4.69) is 25.3 Å². The average molecular weight is 359 g/mol. The number of amides is 1. The molecule has 1 aromatic carbocycles. The molecule has 132 valence electrons. The first-order valence-electron chi connectivity index (χ1n) is 7.43. The number of nitrogens with zero attached hydrogens (tertiary/aromatic N) is 4. The second-order valence-electron chi connectivity index (χ2n) is 5.31. The van der Waals surface area contributed by atoms with Gasteiger partial charge in [-0.25, -0.2) is 19.9 Å². The summed E-state index contributed by atoms with van der Waals surface area (Å²) in [7, 11) is 0. The van der Waals surface area contributed by atoms with Gasteiger partial charge in [0.25, 0.3) is 0 Å². The molecule has 6 nitrogen and oxygen atoms in total. The lowest BCUT2D eigenvalue weighted by molar-refractivity contribution is -0.137. The predicted molar refractivity (Wildman–Crippen MR) is 87.8 cm³/mol. The molecule has 0 spiro atoms. The monoisotopic (exact) mass is 359 g/mol.